The highest BCUT2D eigenvalue weighted by Crippen LogP contribution is 2.17. The van der Waals surface area contributed by atoms with Crippen LogP contribution in [0.25, 0.3) is 0 Å². The summed E-state index contributed by atoms with van der Waals surface area (Å²) in [5.41, 5.74) is 0. The predicted molar refractivity (Wildman–Crippen MR) is 68.5 cm³/mol. The van der Waals surface area contributed by atoms with Gasteiger partial charge in [0.05, 0.1) is 12.4 Å². The molecule has 0 saturated heterocycles. The third kappa shape index (κ3) is 8.54. The van der Waals surface area contributed by atoms with Gasteiger partial charge in [-0.3, -0.25) is 0 Å². The lowest BCUT2D eigenvalue weighted by atomic mass is 10.4. The molecule has 102 valence electrons. The molecule has 0 aromatic carbocycles. The van der Waals surface area contributed by atoms with Crippen molar-refractivity contribution < 1.29 is 13.2 Å². The van der Waals surface area contributed by atoms with Crippen molar-refractivity contribution in [3.63, 3.8) is 0 Å². The third-order valence-electron chi connectivity index (χ3n) is 2.59. The molecule has 1 aliphatic carbocycles. The Bertz CT molecular complexity index is 289. The summed E-state index contributed by atoms with van der Waals surface area (Å²) < 4.78 is 30.8. The van der Waals surface area contributed by atoms with Crippen molar-refractivity contribution in [3.8, 4) is 0 Å². The van der Waals surface area contributed by atoms with Gasteiger partial charge in [0, 0.05) is 25.7 Å². The monoisotopic (exact) mass is 264 g/mol. The van der Waals surface area contributed by atoms with Crippen LogP contribution in [0.4, 0.5) is 0 Å². The number of nitrogens with one attached hydrogen (secondary N) is 2. The summed E-state index contributed by atoms with van der Waals surface area (Å²) in [5.74, 6) is 0.151. The first-order valence-electron chi connectivity index (χ1n) is 6.42. The maximum absolute atomic E-state index is 11.5. The van der Waals surface area contributed by atoms with Crippen LogP contribution in [0.5, 0.6) is 0 Å². The molecular formula is C11H24N2O3S. The summed E-state index contributed by atoms with van der Waals surface area (Å²) in [6, 6.07) is 0.558. The molecule has 0 heterocycles. The summed E-state index contributed by atoms with van der Waals surface area (Å²) in [5, 5.41) is 3.18. The Balaban J connectivity index is 1.95. The first kappa shape index (κ1) is 14.9. The van der Waals surface area contributed by atoms with E-state index in [-0.39, 0.29) is 5.75 Å². The molecule has 6 heteroatoms. The van der Waals surface area contributed by atoms with Gasteiger partial charge >= 0.3 is 0 Å². The lowest BCUT2D eigenvalue weighted by Crippen LogP contribution is -2.34. The van der Waals surface area contributed by atoms with Crippen molar-refractivity contribution >= 4 is 10.0 Å². The molecule has 17 heavy (non-hydrogen) atoms. The van der Waals surface area contributed by atoms with Crippen molar-refractivity contribution in [1.82, 2.24) is 10.0 Å². The van der Waals surface area contributed by atoms with E-state index in [1.54, 1.807) is 0 Å². The fourth-order valence-corrected chi connectivity index (χ4v) is 2.30. The minimum Gasteiger partial charge on any atom is -0.380 e. The summed E-state index contributed by atoms with van der Waals surface area (Å²) in [6.07, 6.45) is 4.48. The highest BCUT2D eigenvalue weighted by molar-refractivity contribution is 7.89. The van der Waals surface area contributed by atoms with E-state index in [0.717, 1.165) is 12.8 Å². The van der Waals surface area contributed by atoms with E-state index in [2.05, 4.69) is 17.0 Å². The van der Waals surface area contributed by atoms with E-state index >= 15 is 0 Å². The number of hydrogen-bond acceptors (Lipinski definition) is 4. The van der Waals surface area contributed by atoms with Gasteiger partial charge in [-0.15, -0.1) is 0 Å². The van der Waals surface area contributed by atoms with Crippen LogP contribution in [-0.4, -0.2) is 46.5 Å². The van der Waals surface area contributed by atoms with Gasteiger partial charge in [-0.05, 0) is 19.3 Å². The third-order valence-corrected chi connectivity index (χ3v) is 3.98. The molecule has 0 aliphatic heterocycles. The first-order valence-corrected chi connectivity index (χ1v) is 8.08. The van der Waals surface area contributed by atoms with Gasteiger partial charge in [0.25, 0.3) is 0 Å². The van der Waals surface area contributed by atoms with Crippen molar-refractivity contribution in [1.29, 1.82) is 0 Å². The fraction of sp³-hybridized carbons (Fsp3) is 1.00. The maximum atomic E-state index is 11.5. The summed E-state index contributed by atoms with van der Waals surface area (Å²) in [7, 11) is -3.13. The molecule has 5 nitrogen and oxygen atoms in total. The second kappa shape index (κ2) is 8.02. The van der Waals surface area contributed by atoms with Crippen molar-refractivity contribution in [2.45, 2.75) is 38.6 Å². The van der Waals surface area contributed by atoms with Crippen molar-refractivity contribution in [2.75, 3.05) is 32.1 Å². The second-order valence-corrected chi connectivity index (χ2v) is 6.33. The zero-order chi connectivity index (χ0) is 12.6. The Kier molecular flexibility index (Phi) is 7.03. The number of hydrogen-bond donors (Lipinski definition) is 2. The minimum absolute atomic E-state index is 0.151. The summed E-state index contributed by atoms with van der Waals surface area (Å²) >= 11 is 0. The first-order chi connectivity index (χ1) is 8.14. The Morgan fingerprint density at radius 1 is 1.24 bits per heavy atom. The molecule has 1 aliphatic rings. The van der Waals surface area contributed by atoms with E-state index in [9.17, 15) is 8.42 Å². The highest BCUT2D eigenvalue weighted by Gasteiger charge is 2.20. The van der Waals surface area contributed by atoms with Gasteiger partial charge < -0.3 is 10.1 Å². The molecule has 0 amide bonds. The average molecular weight is 264 g/mol. The fourth-order valence-electron chi connectivity index (χ4n) is 1.37. The lowest BCUT2D eigenvalue weighted by molar-refractivity contribution is 0.136. The van der Waals surface area contributed by atoms with E-state index in [4.69, 9.17) is 4.74 Å². The maximum Gasteiger partial charge on any atom is 0.212 e. The molecule has 0 aromatic rings. The Labute approximate surface area is 104 Å². The van der Waals surface area contributed by atoms with Crippen LogP contribution in [0, 0.1) is 0 Å². The largest absolute Gasteiger partial charge is 0.380 e. The van der Waals surface area contributed by atoms with Crippen LogP contribution in [0.15, 0.2) is 0 Å². The number of unbranched alkanes of at least 4 members (excludes halogenated alkanes) is 1. The summed E-state index contributed by atoms with van der Waals surface area (Å²) in [4.78, 5) is 0. The van der Waals surface area contributed by atoms with E-state index in [1.165, 1.54) is 12.8 Å². The van der Waals surface area contributed by atoms with Gasteiger partial charge in [-0.25, -0.2) is 13.1 Å². The molecule has 0 atom stereocenters. The zero-order valence-corrected chi connectivity index (χ0v) is 11.4. The molecule has 0 spiro atoms. The number of ether oxygens (including phenoxy) is 1. The zero-order valence-electron chi connectivity index (χ0n) is 10.6. The lowest BCUT2D eigenvalue weighted by Gasteiger charge is -2.07. The minimum atomic E-state index is -3.13. The van der Waals surface area contributed by atoms with Gasteiger partial charge in [0.1, 0.15) is 0 Å². The van der Waals surface area contributed by atoms with Gasteiger partial charge in [-0.2, -0.15) is 0 Å². The van der Waals surface area contributed by atoms with Crippen molar-refractivity contribution in [3.05, 3.63) is 0 Å². The molecule has 1 saturated carbocycles. The Morgan fingerprint density at radius 2 is 2.00 bits per heavy atom. The Morgan fingerprint density at radius 3 is 2.65 bits per heavy atom. The van der Waals surface area contributed by atoms with Crippen molar-refractivity contribution in [2.24, 2.45) is 0 Å². The molecule has 0 aromatic heterocycles. The molecule has 2 N–H and O–H groups in total. The average Bonchev–Trinajstić information content (AvgIpc) is 3.07. The van der Waals surface area contributed by atoms with E-state index in [0.29, 0.717) is 32.3 Å². The van der Waals surface area contributed by atoms with Crippen LogP contribution in [-0.2, 0) is 14.8 Å². The van der Waals surface area contributed by atoms with Crippen LogP contribution < -0.4 is 10.0 Å². The van der Waals surface area contributed by atoms with Gasteiger partial charge in [0.2, 0.25) is 10.0 Å². The highest BCUT2D eigenvalue weighted by atomic mass is 32.2. The standard InChI is InChI=1S/C11H24N2O3S/c1-2-3-8-16-9-6-13-17(14,15)10-7-12-11-4-5-11/h11-13H,2-10H2,1H3. The smallest absolute Gasteiger partial charge is 0.212 e. The Hall–Kier alpha value is -0.170. The number of sulfonamides is 1. The SMILES string of the molecule is CCCCOCCNS(=O)(=O)CCNC1CC1. The molecule has 0 unspecified atom stereocenters. The van der Waals surface area contributed by atoms with Crippen LogP contribution in [0.2, 0.25) is 0 Å². The molecule has 1 rings (SSSR count). The summed E-state index contributed by atoms with van der Waals surface area (Å²) in [6.45, 7) is 4.17. The van der Waals surface area contributed by atoms with Crippen LogP contribution in [0.1, 0.15) is 32.6 Å². The van der Waals surface area contributed by atoms with Crippen LogP contribution >= 0.6 is 0 Å². The molecule has 0 radical (unpaired) electrons. The molecule has 1 fully saturated rings. The second-order valence-electron chi connectivity index (χ2n) is 4.41. The topological polar surface area (TPSA) is 67.4 Å². The van der Waals surface area contributed by atoms with Gasteiger partial charge in [0.15, 0.2) is 0 Å². The quantitative estimate of drug-likeness (QED) is 0.533. The predicted octanol–water partition coefficient (Wildman–Crippen LogP) is 0.475. The van der Waals surface area contributed by atoms with Gasteiger partial charge in [-0.1, -0.05) is 13.3 Å². The van der Waals surface area contributed by atoms with Crippen LogP contribution in [0.3, 0.4) is 0 Å². The molecular weight excluding hydrogens is 240 g/mol. The van der Waals surface area contributed by atoms with E-state index in [1.807, 2.05) is 0 Å². The molecule has 0 bridgehead atoms. The van der Waals surface area contributed by atoms with E-state index < -0.39 is 10.0 Å². The normalized spacial score (nSPS) is 16.3. The number of rotatable bonds is 11.